The van der Waals surface area contributed by atoms with Gasteiger partial charge >= 0.3 is 5.97 Å². The van der Waals surface area contributed by atoms with Gasteiger partial charge in [0.05, 0.1) is 17.9 Å². The van der Waals surface area contributed by atoms with Gasteiger partial charge in [0.2, 0.25) is 0 Å². The molecule has 0 bridgehead atoms. The smallest absolute Gasteiger partial charge is 0.349 e. The Labute approximate surface area is 176 Å². The highest BCUT2D eigenvalue weighted by Gasteiger charge is 2.53. The highest BCUT2D eigenvalue weighted by Crippen LogP contribution is 2.56. The number of rotatable bonds is 3. The zero-order valence-corrected chi connectivity index (χ0v) is 17.7. The summed E-state index contributed by atoms with van der Waals surface area (Å²) in [5.41, 5.74) is 2.67. The van der Waals surface area contributed by atoms with E-state index in [1.54, 1.807) is 11.8 Å². The summed E-state index contributed by atoms with van der Waals surface area (Å²) in [6.45, 7) is 8.07. The van der Waals surface area contributed by atoms with E-state index >= 15 is 0 Å². The summed E-state index contributed by atoms with van der Waals surface area (Å²) in [7, 11) is 0. The monoisotopic (exact) mass is 400 g/mol. The summed E-state index contributed by atoms with van der Waals surface area (Å²) >= 11 is 0. The number of para-hydroxylation sites is 1. The van der Waals surface area contributed by atoms with Crippen LogP contribution in [0.1, 0.15) is 50.8 Å². The Kier molecular flexibility index (Phi) is 4.54. The van der Waals surface area contributed by atoms with E-state index < -0.39 is 11.5 Å². The zero-order valence-electron chi connectivity index (χ0n) is 17.7. The molecule has 2 aromatic rings. The second-order valence-electron chi connectivity index (χ2n) is 8.61. The standard InChI is InChI=1S/C25H24N2O3/c1-5-30-23(29)18(14-26)20-17-12-9-13-19-21(17)27(22(20)28)24(2,3)15-25(19,4)16-10-7-6-8-11-16/h6-13H,5,15H2,1-4H3/b20-18-/t25-/m0/s1. The lowest BCUT2D eigenvalue weighted by Crippen LogP contribution is -2.54. The van der Waals surface area contributed by atoms with E-state index in [0.717, 1.165) is 11.3 Å². The third-order valence-corrected chi connectivity index (χ3v) is 6.18. The molecule has 2 aliphatic heterocycles. The molecule has 0 N–H and O–H groups in total. The quantitative estimate of drug-likeness (QED) is 0.436. The first-order chi connectivity index (χ1) is 14.3. The molecule has 5 heteroatoms. The largest absolute Gasteiger partial charge is 0.462 e. The second-order valence-corrected chi connectivity index (χ2v) is 8.61. The molecule has 2 aromatic carbocycles. The van der Waals surface area contributed by atoms with Crippen molar-refractivity contribution in [3.05, 3.63) is 70.8 Å². The van der Waals surface area contributed by atoms with Crippen molar-refractivity contribution in [2.45, 2.75) is 45.1 Å². The molecule has 1 amide bonds. The number of nitrogens with zero attached hydrogens (tertiary/aromatic N) is 2. The van der Waals surface area contributed by atoms with E-state index in [4.69, 9.17) is 4.74 Å². The third kappa shape index (κ3) is 2.68. The molecule has 0 radical (unpaired) electrons. The molecular formula is C25H24N2O3. The minimum atomic E-state index is -0.760. The molecule has 0 unspecified atom stereocenters. The predicted octanol–water partition coefficient (Wildman–Crippen LogP) is 4.36. The highest BCUT2D eigenvalue weighted by molar-refractivity contribution is 6.37. The molecule has 0 saturated carbocycles. The van der Waals surface area contributed by atoms with Gasteiger partial charge in [0.15, 0.2) is 5.57 Å². The number of ether oxygens (including phenoxy) is 1. The minimum absolute atomic E-state index is 0.137. The second kappa shape index (κ2) is 6.84. The van der Waals surface area contributed by atoms with Gasteiger partial charge < -0.3 is 9.64 Å². The lowest BCUT2D eigenvalue weighted by molar-refractivity contribution is -0.138. The number of carbonyl (C=O) groups is 2. The summed E-state index contributed by atoms with van der Waals surface area (Å²) in [5.74, 6) is -1.08. The number of benzene rings is 2. The first-order valence-corrected chi connectivity index (χ1v) is 10.1. The van der Waals surface area contributed by atoms with Gasteiger partial charge in [-0.2, -0.15) is 5.26 Å². The molecule has 30 heavy (non-hydrogen) atoms. The van der Waals surface area contributed by atoms with Crippen molar-refractivity contribution in [3.63, 3.8) is 0 Å². The molecule has 152 valence electrons. The molecule has 0 spiro atoms. The van der Waals surface area contributed by atoms with Gasteiger partial charge in [-0.3, -0.25) is 4.79 Å². The van der Waals surface area contributed by atoms with Crippen LogP contribution in [0.4, 0.5) is 5.69 Å². The summed E-state index contributed by atoms with van der Waals surface area (Å²) in [6.07, 6.45) is 0.709. The molecule has 0 aromatic heterocycles. The summed E-state index contributed by atoms with van der Waals surface area (Å²) in [5, 5.41) is 9.70. The summed E-state index contributed by atoms with van der Waals surface area (Å²) < 4.78 is 5.06. The van der Waals surface area contributed by atoms with Crippen molar-refractivity contribution in [1.29, 1.82) is 5.26 Å². The fourth-order valence-electron chi connectivity index (χ4n) is 5.09. The van der Waals surface area contributed by atoms with Crippen molar-refractivity contribution in [2.24, 2.45) is 0 Å². The van der Waals surface area contributed by atoms with Gasteiger partial charge in [0.1, 0.15) is 6.07 Å². The SMILES string of the molecule is CCOC(=O)/C(C#N)=C1\C(=O)N2c3c1cccc3[C@](C)(c1ccccc1)CC2(C)C. The van der Waals surface area contributed by atoms with Crippen LogP contribution >= 0.6 is 0 Å². The van der Waals surface area contributed by atoms with Crippen LogP contribution in [0.15, 0.2) is 54.1 Å². The van der Waals surface area contributed by atoms with Crippen LogP contribution in [0.5, 0.6) is 0 Å². The fraction of sp³-hybridized carbons (Fsp3) is 0.320. The normalized spacial score (nSPS) is 22.9. The van der Waals surface area contributed by atoms with Crippen LogP contribution in [0.2, 0.25) is 0 Å². The van der Waals surface area contributed by atoms with Gasteiger partial charge in [-0.05, 0) is 38.3 Å². The number of hydrogen-bond acceptors (Lipinski definition) is 4. The molecular weight excluding hydrogens is 376 g/mol. The van der Waals surface area contributed by atoms with Crippen LogP contribution < -0.4 is 4.90 Å². The minimum Gasteiger partial charge on any atom is -0.462 e. The number of anilines is 1. The maximum atomic E-state index is 13.6. The highest BCUT2D eigenvalue weighted by atomic mass is 16.5. The Balaban J connectivity index is 2.04. The van der Waals surface area contributed by atoms with Crippen LogP contribution in [-0.4, -0.2) is 24.0 Å². The first-order valence-electron chi connectivity index (χ1n) is 10.1. The topological polar surface area (TPSA) is 70.4 Å². The van der Waals surface area contributed by atoms with Gasteiger partial charge in [-0.1, -0.05) is 55.5 Å². The lowest BCUT2D eigenvalue weighted by atomic mass is 9.65. The average molecular weight is 400 g/mol. The number of nitriles is 1. The van der Waals surface area contributed by atoms with Crippen molar-refractivity contribution >= 4 is 23.1 Å². The van der Waals surface area contributed by atoms with Crippen LogP contribution in [0.25, 0.3) is 5.57 Å². The van der Waals surface area contributed by atoms with Crippen molar-refractivity contribution in [1.82, 2.24) is 0 Å². The fourth-order valence-corrected chi connectivity index (χ4v) is 5.09. The van der Waals surface area contributed by atoms with Gasteiger partial charge in [-0.15, -0.1) is 0 Å². The Morgan fingerprint density at radius 3 is 2.47 bits per heavy atom. The van der Waals surface area contributed by atoms with E-state index in [9.17, 15) is 14.9 Å². The average Bonchev–Trinajstić information content (AvgIpc) is 3.01. The Morgan fingerprint density at radius 1 is 1.13 bits per heavy atom. The molecule has 0 aliphatic carbocycles. The van der Waals surface area contributed by atoms with E-state index in [2.05, 4.69) is 19.1 Å². The van der Waals surface area contributed by atoms with Crippen molar-refractivity contribution in [3.8, 4) is 6.07 Å². The number of esters is 1. The van der Waals surface area contributed by atoms with E-state index in [1.165, 1.54) is 5.56 Å². The Bertz CT molecular complexity index is 1120. The van der Waals surface area contributed by atoms with Gasteiger partial charge in [0.25, 0.3) is 5.91 Å². The van der Waals surface area contributed by atoms with Crippen LogP contribution in [0.3, 0.4) is 0 Å². The molecule has 0 fully saturated rings. The molecule has 2 heterocycles. The molecule has 5 nitrogen and oxygen atoms in total. The maximum absolute atomic E-state index is 13.6. The third-order valence-electron chi connectivity index (χ3n) is 6.18. The summed E-state index contributed by atoms with van der Waals surface area (Å²) in [6, 6.07) is 17.9. The van der Waals surface area contributed by atoms with Crippen molar-refractivity contribution in [2.75, 3.05) is 11.5 Å². The Hall–Kier alpha value is -3.39. The van der Waals surface area contributed by atoms with Crippen LogP contribution in [-0.2, 0) is 19.7 Å². The molecule has 1 atom stereocenters. The number of amides is 1. The van der Waals surface area contributed by atoms with Crippen molar-refractivity contribution < 1.29 is 14.3 Å². The predicted molar refractivity (Wildman–Crippen MR) is 115 cm³/mol. The summed E-state index contributed by atoms with van der Waals surface area (Å²) in [4.78, 5) is 27.8. The molecule has 4 rings (SSSR count). The first kappa shape index (κ1) is 19.9. The lowest BCUT2D eigenvalue weighted by Gasteiger charge is -2.49. The maximum Gasteiger partial charge on any atom is 0.349 e. The molecule has 2 aliphatic rings. The number of hydrogen-bond donors (Lipinski definition) is 0. The van der Waals surface area contributed by atoms with Gasteiger partial charge in [-0.25, -0.2) is 4.79 Å². The van der Waals surface area contributed by atoms with Gasteiger partial charge in [0, 0.05) is 16.5 Å². The Morgan fingerprint density at radius 2 is 1.83 bits per heavy atom. The number of carbonyl (C=O) groups excluding carboxylic acids is 2. The van der Waals surface area contributed by atoms with E-state index in [1.807, 2.05) is 56.3 Å². The molecule has 0 saturated heterocycles. The zero-order chi connectivity index (χ0) is 21.7. The van der Waals surface area contributed by atoms with E-state index in [0.29, 0.717) is 12.0 Å². The van der Waals surface area contributed by atoms with E-state index in [-0.39, 0.29) is 29.1 Å². The van der Waals surface area contributed by atoms with Crippen LogP contribution in [0, 0.1) is 11.3 Å².